The molecule has 0 spiro atoms. The Balaban J connectivity index is 0. The first-order valence-corrected chi connectivity index (χ1v) is 0. The van der Waals surface area contributed by atoms with Crippen LogP contribution < -0.4 is 62.0 Å². The average molecular weight is 332 g/mol. The van der Waals surface area contributed by atoms with E-state index in [1.54, 1.807) is 0 Å². The molecule has 0 aromatic rings. The molecule has 0 rings (SSSR count). The monoisotopic (exact) mass is 330 g/mol. The van der Waals surface area contributed by atoms with E-state index in [2.05, 4.69) is 0 Å². The van der Waals surface area contributed by atoms with Crippen molar-refractivity contribution in [1.29, 1.82) is 0 Å². The van der Waals surface area contributed by atoms with Crippen LogP contribution in [0, 0.1) is 0 Å². The molecular weight excluding hydrogens is 332 g/mol. The molecule has 40 valence electrons. The summed E-state index contributed by atoms with van der Waals surface area (Å²) in [6.45, 7) is 0. The molecule has 0 fully saturated rings. The number of hydrogen-bond donors (Lipinski definition) is 0. The van der Waals surface area contributed by atoms with Crippen LogP contribution in [0.2, 0.25) is 0 Å². The molecule has 0 aromatic carbocycles. The first kappa shape index (κ1) is 75.8. The van der Waals surface area contributed by atoms with Crippen LogP contribution in [-0.4, -0.2) is 63.6 Å². The van der Waals surface area contributed by atoms with Crippen LogP contribution in [0.3, 0.4) is 0 Å². The van der Waals surface area contributed by atoms with Gasteiger partial charge < -0.3 is 62.0 Å². The summed E-state index contributed by atoms with van der Waals surface area (Å²) in [5.74, 6) is 0. The van der Waals surface area contributed by atoms with E-state index in [-0.39, 0.29) is 126 Å². The fourth-order valence-electron chi connectivity index (χ4n) is 0. The zero-order valence-corrected chi connectivity index (χ0v) is 12.5. The van der Waals surface area contributed by atoms with Crippen LogP contribution in [0.5, 0.6) is 0 Å². The Hall–Kier alpha value is 3.58. The molecule has 0 saturated carbocycles. The third kappa shape index (κ3) is 42.9. The zero-order chi connectivity index (χ0) is 0. The summed E-state index contributed by atoms with van der Waals surface area (Å²) in [5.41, 5.74) is 0. The molecule has 0 unspecified atom stereocenters. The second kappa shape index (κ2) is 55.0. The van der Waals surface area contributed by atoms with Gasteiger partial charge in [-0.1, -0.05) is 0 Å². The van der Waals surface area contributed by atoms with Crippen molar-refractivity contribution in [2.45, 2.75) is 0 Å². The van der Waals surface area contributed by atoms with Crippen LogP contribution in [0.4, 0.5) is 0 Å². The number of hydrogen-bond acceptors (Lipinski definition) is 0. The predicted molar refractivity (Wildman–Crippen MR) is 11.5 cm³/mol. The van der Waals surface area contributed by atoms with E-state index in [4.69, 9.17) is 0 Å². The fourth-order valence-corrected chi connectivity index (χ4v) is 0. The van der Waals surface area contributed by atoms with Crippen LogP contribution in [-0.2, 0) is 0 Å². The summed E-state index contributed by atoms with van der Waals surface area (Å²) in [4.78, 5) is 0. The van der Waals surface area contributed by atoms with Gasteiger partial charge in [-0.3, -0.25) is 0 Å². The second-order valence-corrected chi connectivity index (χ2v) is 0. The van der Waals surface area contributed by atoms with Crippen LogP contribution >= 0.6 is 0 Å². The third-order valence-corrected chi connectivity index (χ3v) is 0. The van der Waals surface area contributed by atoms with E-state index in [0.29, 0.717) is 0 Å². The molecule has 7 heteroatoms. The third-order valence-electron chi connectivity index (χ3n) is 0. The minimum absolute atomic E-state index is 0. The van der Waals surface area contributed by atoms with Crippen molar-refractivity contribution in [3.05, 3.63) is 0 Å². The number of halogens is 5. The van der Waals surface area contributed by atoms with Gasteiger partial charge in [-0.05, 0) is 0 Å². The molecule has 0 aromatic heterocycles. The van der Waals surface area contributed by atoms with Crippen molar-refractivity contribution >= 4 is 63.6 Å². The summed E-state index contributed by atoms with van der Waals surface area (Å²) in [7, 11) is 0. The molecule has 0 aliphatic heterocycles. The molecule has 0 nitrogen and oxygen atoms in total. The first-order chi connectivity index (χ1) is 0. The minimum atomic E-state index is 0. The summed E-state index contributed by atoms with van der Waals surface area (Å²) >= 11 is 0. The van der Waals surface area contributed by atoms with E-state index in [1.807, 2.05) is 0 Å². The zero-order valence-electron chi connectivity index (χ0n) is 3.17. The van der Waals surface area contributed by atoms with E-state index >= 15 is 0 Å². The van der Waals surface area contributed by atoms with Crippen LogP contribution in [0.25, 0.3) is 0 Å². The van der Waals surface area contributed by atoms with Gasteiger partial charge in [-0.25, -0.2) is 0 Å². The molecule has 0 aliphatic rings. The van der Waals surface area contributed by atoms with E-state index in [9.17, 15) is 0 Å². The van der Waals surface area contributed by atoms with Gasteiger partial charge in [0, 0.05) is 0 Å². The largest absolute Gasteiger partial charge is 3.00 e. The Labute approximate surface area is 123 Å². The summed E-state index contributed by atoms with van der Waals surface area (Å²) in [6, 6.07) is 0. The summed E-state index contributed by atoms with van der Waals surface area (Å²) in [5, 5.41) is 0. The van der Waals surface area contributed by atoms with Gasteiger partial charge in [0.25, 0.3) is 0 Å². The minimum Gasteiger partial charge on any atom is -1.00 e. The molecule has 0 N–H and O–H groups in total. The predicted octanol–water partition coefficient (Wildman–Crippen LogP) is -15.7. The second-order valence-electron chi connectivity index (χ2n) is 0. The van der Waals surface area contributed by atoms with Crippen molar-refractivity contribution in [1.82, 2.24) is 0 Å². The molecular formula is CaCl5In. The van der Waals surface area contributed by atoms with Gasteiger partial charge in [0.2, 0.25) is 0 Å². The topological polar surface area (TPSA) is 0 Å². The number of rotatable bonds is 0. The summed E-state index contributed by atoms with van der Waals surface area (Å²) < 4.78 is 0. The molecule has 0 radical (unpaired) electrons. The van der Waals surface area contributed by atoms with E-state index < -0.39 is 0 Å². The van der Waals surface area contributed by atoms with Crippen molar-refractivity contribution in [3.8, 4) is 0 Å². The quantitative estimate of drug-likeness (QED) is 0.387. The smallest absolute Gasteiger partial charge is 1.00 e. The molecule has 0 saturated heterocycles. The van der Waals surface area contributed by atoms with Gasteiger partial charge in [0.15, 0.2) is 0 Å². The molecule has 0 atom stereocenters. The Morgan fingerprint density at radius 1 is 0.429 bits per heavy atom. The van der Waals surface area contributed by atoms with Gasteiger partial charge >= 0.3 is 63.6 Å². The maximum Gasteiger partial charge on any atom is 3.00 e. The van der Waals surface area contributed by atoms with E-state index in [0.717, 1.165) is 0 Å². The molecule has 7 heavy (non-hydrogen) atoms. The maximum atomic E-state index is 0. The summed E-state index contributed by atoms with van der Waals surface area (Å²) in [6.07, 6.45) is 0. The van der Waals surface area contributed by atoms with Crippen LogP contribution in [0.15, 0.2) is 0 Å². The van der Waals surface area contributed by atoms with Crippen molar-refractivity contribution in [2.75, 3.05) is 0 Å². The van der Waals surface area contributed by atoms with E-state index in [1.165, 1.54) is 0 Å². The Morgan fingerprint density at radius 2 is 0.429 bits per heavy atom. The van der Waals surface area contributed by atoms with Gasteiger partial charge in [0.1, 0.15) is 0 Å². The Morgan fingerprint density at radius 3 is 0.429 bits per heavy atom. The SMILES string of the molecule is [Ca+2].[Cl-].[Cl-].[Cl-].[Cl-].[Cl-].[In+3]. The molecule has 0 heterocycles. The first-order valence-electron chi connectivity index (χ1n) is 0. The molecule has 0 amide bonds. The fraction of sp³-hybridized carbons (Fsp3) is 0. The van der Waals surface area contributed by atoms with Gasteiger partial charge in [0.05, 0.1) is 0 Å². The average Bonchev–Trinajstić information content (AvgIpc) is 0. The molecule has 0 bridgehead atoms. The standard InChI is InChI=1S/Ca.5ClH.In/h;5*1H;/q+2;;;;;;+3/p-5. The van der Waals surface area contributed by atoms with Crippen LogP contribution in [0.1, 0.15) is 0 Å². The van der Waals surface area contributed by atoms with Crippen molar-refractivity contribution < 1.29 is 62.0 Å². The van der Waals surface area contributed by atoms with Gasteiger partial charge in [-0.2, -0.15) is 0 Å². The Bertz CT molecular complexity index is 8.04. The van der Waals surface area contributed by atoms with Gasteiger partial charge in [-0.15, -0.1) is 0 Å². The van der Waals surface area contributed by atoms with Crippen molar-refractivity contribution in [3.63, 3.8) is 0 Å². The molecule has 0 aliphatic carbocycles. The van der Waals surface area contributed by atoms with Crippen molar-refractivity contribution in [2.24, 2.45) is 0 Å². The Kier molecular flexibility index (Phi) is 596. The normalized spacial score (nSPS) is 0. The maximum absolute atomic E-state index is 0.